The summed E-state index contributed by atoms with van der Waals surface area (Å²) in [6.07, 6.45) is -1.93. The number of anilines is 2. The zero-order valence-corrected chi connectivity index (χ0v) is 13.2. The van der Waals surface area contributed by atoms with Gasteiger partial charge in [-0.2, -0.15) is 0 Å². The summed E-state index contributed by atoms with van der Waals surface area (Å²) in [4.78, 5) is 7.90. The molecule has 0 unspecified atom stereocenters. The van der Waals surface area contributed by atoms with E-state index in [1.165, 1.54) is 0 Å². The van der Waals surface area contributed by atoms with Crippen molar-refractivity contribution in [2.45, 2.75) is 12.8 Å². The van der Waals surface area contributed by atoms with Crippen molar-refractivity contribution in [2.24, 2.45) is 0 Å². The SMILES string of the molecule is FC(F)c1nc(Nc2ccc3c(c2)OCCCO3)c2ccccc2n1. The molecule has 0 amide bonds. The fraction of sp³-hybridized carbons (Fsp3) is 0.222. The molecule has 0 saturated heterocycles. The van der Waals surface area contributed by atoms with E-state index in [1.807, 2.05) is 6.07 Å². The Morgan fingerprint density at radius 3 is 2.60 bits per heavy atom. The summed E-state index contributed by atoms with van der Waals surface area (Å²) < 4.78 is 37.4. The molecular weight excluding hydrogens is 328 g/mol. The Bertz CT molecular complexity index is 918. The van der Waals surface area contributed by atoms with Gasteiger partial charge in [-0.05, 0) is 24.3 Å². The van der Waals surface area contributed by atoms with Crippen molar-refractivity contribution in [3.05, 3.63) is 48.3 Å². The van der Waals surface area contributed by atoms with Gasteiger partial charge >= 0.3 is 0 Å². The molecule has 1 aliphatic rings. The lowest BCUT2D eigenvalue weighted by Gasteiger charge is -2.13. The third kappa shape index (κ3) is 3.17. The Morgan fingerprint density at radius 1 is 0.960 bits per heavy atom. The van der Waals surface area contributed by atoms with Crippen molar-refractivity contribution in [2.75, 3.05) is 18.5 Å². The molecule has 0 aliphatic carbocycles. The molecule has 0 bridgehead atoms. The van der Waals surface area contributed by atoms with Crippen LogP contribution >= 0.6 is 0 Å². The van der Waals surface area contributed by atoms with Crippen LogP contribution in [0.1, 0.15) is 18.7 Å². The smallest absolute Gasteiger partial charge is 0.297 e. The first-order chi connectivity index (χ1) is 12.2. The number of halogens is 2. The number of ether oxygens (including phenoxy) is 2. The summed E-state index contributed by atoms with van der Waals surface area (Å²) in [6, 6.07) is 12.4. The zero-order chi connectivity index (χ0) is 17.2. The molecule has 25 heavy (non-hydrogen) atoms. The second-order valence-corrected chi connectivity index (χ2v) is 5.59. The third-order valence-corrected chi connectivity index (χ3v) is 3.83. The van der Waals surface area contributed by atoms with Crippen molar-refractivity contribution in [1.29, 1.82) is 0 Å². The van der Waals surface area contributed by atoms with Crippen LogP contribution < -0.4 is 14.8 Å². The van der Waals surface area contributed by atoms with Crippen LogP contribution in [0.3, 0.4) is 0 Å². The van der Waals surface area contributed by atoms with Crippen molar-refractivity contribution in [3.8, 4) is 11.5 Å². The molecule has 0 atom stereocenters. The molecule has 0 fully saturated rings. The minimum absolute atomic E-state index is 0.329. The quantitative estimate of drug-likeness (QED) is 0.760. The minimum Gasteiger partial charge on any atom is -0.490 e. The van der Waals surface area contributed by atoms with E-state index in [0.717, 1.165) is 6.42 Å². The van der Waals surface area contributed by atoms with Gasteiger partial charge in [0.15, 0.2) is 17.3 Å². The number of nitrogens with zero attached hydrogens (tertiary/aromatic N) is 2. The second-order valence-electron chi connectivity index (χ2n) is 5.59. The molecule has 0 spiro atoms. The first kappa shape index (κ1) is 15.6. The predicted octanol–water partition coefficient (Wildman–Crippen LogP) is 4.47. The van der Waals surface area contributed by atoms with Gasteiger partial charge in [0.05, 0.1) is 18.7 Å². The fourth-order valence-electron chi connectivity index (χ4n) is 2.67. The van der Waals surface area contributed by atoms with Gasteiger partial charge in [0.1, 0.15) is 5.82 Å². The van der Waals surface area contributed by atoms with E-state index in [-0.39, 0.29) is 0 Å². The van der Waals surface area contributed by atoms with Crippen LogP contribution in [0.4, 0.5) is 20.3 Å². The molecule has 1 aliphatic heterocycles. The summed E-state index contributed by atoms with van der Waals surface area (Å²) in [5.41, 5.74) is 1.14. The third-order valence-electron chi connectivity index (χ3n) is 3.83. The highest BCUT2D eigenvalue weighted by atomic mass is 19.3. The van der Waals surface area contributed by atoms with Crippen LogP contribution in [0.25, 0.3) is 10.9 Å². The van der Waals surface area contributed by atoms with Crippen LogP contribution in [0.5, 0.6) is 11.5 Å². The lowest BCUT2D eigenvalue weighted by Crippen LogP contribution is -2.02. The molecular formula is C18H15F2N3O2. The number of fused-ring (bicyclic) bond motifs is 2. The van der Waals surface area contributed by atoms with Crippen molar-refractivity contribution in [1.82, 2.24) is 9.97 Å². The number of alkyl halides is 2. The number of hydrogen-bond acceptors (Lipinski definition) is 5. The highest BCUT2D eigenvalue weighted by molar-refractivity contribution is 5.90. The van der Waals surface area contributed by atoms with Crippen molar-refractivity contribution in [3.63, 3.8) is 0 Å². The molecule has 4 rings (SSSR count). The molecule has 0 radical (unpaired) electrons. The van der Waals surface area contributed by atoms with Gasteiger partial charge in [0.25, 0.3) is 6.43 Å². The Morgan fingerprint density at radius 2 is 1.76 bits per heavy atom. The highest BCUT2D eigenvalue weighted by Gasteiger charge is 2.16. The number of benzene rings is 2. The van der Waals surface area contributed by atoms with Crippen LogP contribution in [-0.2, 0) is 0 Å². The lowest BCUT2D eigenvalue weighted by molar-refractivity contribution is 0.141. The van der Waals surface area contributed by atoms with Gasteiger partial charge in [-0.25, -0.2) is 18.7 Å². The lowest BCUT2D eigenvalue weighted by atomic mass is 10.2. The van der Waals surface area contributed by atoms with Crippen LogP contribution in [-0.4, -0.2) is 23.2 Å². The number of aromatic nitrogens is 2. The van der Waals surface area contributed by atoms with E-state index in [2.05, 4.69) is 15.3 Å². The van der Waals surface area contributed by atoms with E-state index >= 15 is 0 Å². The molecule has 1 aromatic heterocycles. The average Bonchev–Trinajstić information content (AvgIpc) is 2.86. The van der Waals surface area contributed by atoms with Crippen molar-refractivity contribution >= 4 is 22.4 Å². The largest absolute Gasteiger partial charge is 0.490 e. The van der Waals surface area contributed by atoms with Gasteiger partial charge in [-0.3, -0.25) is 0 Å². The maximum Gasteiger partial charge on any atom is 0.297 e. The van der Waals surface area contributed by atoms with E-state index in [0.29, 0.717) is 47.1 Å². The van der Waals surface area contributed by atoms with Gasteiger partial charge in [-0.1, -0.05) is 12.1 Å². The molecule has 3 aromatic rings. The summed E-state index contributed by atoms with van der Waals surface area (Å²) in [5, 5.41) is 3.76. The minimum atomic E-state index is -2.74. The Balaban J connectivity index is 1.74. The maximum atomic E-state index is 13.1. The average molecular weight is 343 g/mol. The first-order valence-electron chi connectivity index (χ1n) is 7.92. The summed E-state index contributed by atoms with van der Waals surface area (Å²) in [6.45, 7) is 1.18. The van der Waals surface area contributed by atoms with Crippen molar-refractivity contribution < 1.29 is 18.3 Å². The molecule has 1 N–H and O–H groups in total. The second kappa shape index (κ2) is 6.51. The highest BCUT2D eigenvalue weighted by Crippen LogP contribution is 2.34. The fourth-order valence-corrected chi connectivity index (χ4v) is 2.67. The van der Waals surface area contributed by atoms with Gasteiger partial charge in [-0.15, -0.1) is 0 Å². The summed E-state index contributed by atoms with van der Waals surface area (Å²) >= 11 is 0. The van der Waals surface area contributed by atoms with E-state index in [9.17, 15) is 8.78 Å². The van der Waals surface area contributed by atoms with Gasteiger partial charge in [0, 0.05) is 23.6 Å². The van der Waals surface area contributed by atoms with Crippen LogP contribution in [0.2, 0.25) is 0 Å². The molecule has 128 valence electrons. The predicted molar refractivity (Wildman–Crippen MR) is 89.8 cm³/mol. The molecule has 2 heterocycles. The number of hydrogen-bond donors (Lipinski definition) is 1. The molecule has 2 aromatic carbocycles. The van der Waals surface area contributed by atoms with Crippen LogP contribution in [0, 0.1) is 0 Å². The number of para-hydroxylation sites is 1. The van der Waals surface area contributed by atoms with E-state index in [1.54, 1.807) is 36.4 Å². The zero-order valence-electron chi connectivity index (χ0n) is 13.2. The number of rotatable bonds is 3. The monoisotopic (exact) mass is 343 g/mol. The molecule has 5 nitrogen and oxygen atoms in total. The Kier molecular flexibility index (Phi) is 4.05. The Labute approximate surface area is 142 Å². The van der Waals surface area contributed by atoms with Crippen LogP contribution in [0.15, 0.2) is 42.5 Å². The van der Waals surface area contributed by atoms with Gasteiger partial charge in [0.2, 0.25) is 0 Å². The summed E-state index contributed by atoms with van der Waals surface area (Å²) in [5.74, 6) is 1.12. The summed E-state index contributed by atoms with van der Waals surface area (Å²) in [7, 11) is 0. The van der Waals surface area contributed by atoms with Gasteiger partial charge < -0.3 is 14.8 Å². The normalized spacial score (nSPS) is 13.7. The topological polar surface area (TPSA) is 56.3 Å². The molecule has 0 saturated carbocycles. The standard InChI is InChI=1S/C18H15F2N3O2/c19-16(20)18-22-13-5-2-1-4-12(13)17(23-18)21-11-6-7-14-15(10-11)25-9-3-8-24-14/h1-2,4-7,10,16H,3,8-9H2,(H,21,22,23). The van der Waals surface area contributed by atoms with E-state index < -0.39 is 12.2 Å². The Hall–Kier alpha value is -2.96. The van der Waals surface area contributed by atoms with E-state index in [4.69, 9.17) is 9.47 Å². The first-order valence-corrected chi connectivity index (χ1v) is 7.92. The molecule has 7 heteroatoms. The maximum absolute atomic E-state index is 13.1. The number of nitrogens with one attached hydrogen (secondary N) is 1.